The van der Waals surface area contributed by atoms with Crippen molar-refractivity contribution in [3.8, 4) is 0 Å². The summed E-state index contributed by atoms with van der Waals surface area (Å²) in [5, 5.41) is 28.1. The van der Waals surface area contributed by atoms with Crippen LogP contribution in [0.3, 0.4) is 0 Å². The van der Waals surface area contributed by atoms with Crippen LogP contribution >= 0.6 is 0 Å². The molecule has 0 bridgehead atoms. The van der Waals surface area contributed by atoms with Gasteiger partial charge in [0.2, 0.25) is 0 Å². The first-order valence-electron chi connectivity index (χ1n) is 8.59. The number of unbranched alkanes of at least 4 members (excludes halogenated alkanes) is 8. The monoisotopic (exact) mass is 302 g/mol. The molecule has 4 nitrogen and oxygen atoms in total. The van der Waals surface area contributed by atoms with E-state index >= 15 is 0 Å². The minimum Gasteiger partial charge on any atom is -0.481 e. The topological polar surface area (TPSA) is 77.8 Å². The van der Waals surface area contributed by atoms with E-state index in [1.54, 1.807) is 0 Å². The zero-order valence-electron chi connectivity index (χ0n) is 13.6. The fourth-order valence-corrected chi connectivity index (χ4v) is 2.62. The molecular weight excluding hydrogens is 268 g/mol. The summed E-state index contributed by atoms with van der Waals surface area (Å²) in [6.07, 6.45) is 12.4. The number of hydrogen-bond acceptors (Lipinski definition) is 3. The van der Waals surface area contributed by atoms with Gasteiger partial charge < -0.3 is 15.3 Å². The molecule has 1 atom stereocenters. The molecule has 0 fully saturated rings. The average molecular weight is 302 g/mol. The van der Waals surface area contributed by atoms with Gasteiger partial charge in [0.15, 0.2) is 0 Å². The molecule has 0 spiro atoms. The standard InChI is InChI=1S/C17H34O4/c1-2-3-4-5-6-7-8-9-10-13-17(21,15-18)14-11-12-16(19)20/h18,21H,2-15H2,1H3,(H,19,20)/t17-/m0/s1. The van der Waals surface area contributed by atoms with Gasteiger partial charge in [-0.1, -0.05) is 64.7 Å². The molecule has 0 aliphatic rings. The second-order valence-corrected chi connectivity index (χ2v) is 6.21. The van der Waals surface area contributed by atoms with Crippen LogP contribution in [0, 0.1) is 0 Å². The third-order valence-corrected chi connectivity index (χ3v) is 4.07. The second kappa shape index (κ2) is 13.1. The van der Waals surface area contributed by atoms with Crippen LogP contribution in [0.15, 0.2) is 0 Å². The zero-order valence-corrected chi connectivity index (χ0v) is 13.6. The number of carbonyl (C=O) groups is 1. The summed E-state index contributed by atoms with van der Waals surface area (Å²) in [6, 6.07) is 0. The number of carboxylic acid groups (broad SMARTS) is 1. The maximum Gasteiger partial charge on any atom is 0.303 e. The first kappa shape index (κ1) is 20.4. The summed E-state index contributed by atoms with van der Waals surface area (Å²) in [5.41, 5.74) is -1.09. The van der Waals surface area contributed by atoms with Gasteiger partial charge in [0.25, 0.3) is 0 Å². The molecule has 4 heteroatoms. The second-order valence-electron chi connectivity index (χ2n) is 6.21. The molecule has 21 heavy (non-hydrogen) atoms. The van der Waals surface area contributed by atoms with Crippen LogP contribution in [0.25, 0.3) is 0 Å². The Balaban J connectivity index is 3.55. The lowest BCUT2D eigenvalue weighted by Gasteiger charge is -2.25. The van der Waals surface area contributed by atoms with Gasteiger partial charge in [-0.15, -0.1) is 0 Å². The van der Waals surface area contributed by atoms with E-state index in [-0.39, 0.29) is 13.0 Å². The van der Waals surface area contributed by atoms with Crippen LogP contribution in [-0.2, 0) is 4.79 Å². The van der Waals surface area contributed by atoms with Crippen molar-refractivity contribution in [2.75, 3.05) is 6.61 Å². The van der Waals surface area contributed by atoms with Gasteiger partial charge in [-0.3, -0.25) is 4.79 Å². The SMILES string of the molecule is CCCCCCCCCCC[C@@](O)(CO)CCCC(=O)O. The number of aliphatic hydroxyl groups excluding tert-OH is 1. The van der Waals surface area contributed by atoms with Crippen molar-refractivity contribution in [1.29, 1.82) is 0 Å². The largest absolute Gasteiger partial charge is 0.481 e. The Morgan fingerprint density at radius 1 is 0.857 bits per heavy atom. The molecule has 0 radical (unpaired) electrons. The Kier molecular flexibility index (Phi) is 12.7. The molecule has 0 saturated carbocycles. The van der Waals surface area contributed by atoms with Gasteiger partial charge in [0, 0.05) is 6.42 Å². The molecule has 0 aromatic carbocycles. The minimum absolute atomic E-state index is 0.0556. The first-order chi connectivity index (χ1) is 10.0. The highest BCUT2D eigenvalue weighted by atomic mass is 16.4. The smallest absolute Gasteiger partial charge is 0.303 e. The number of carboxylic acids is 1. The normalized spacial score (nSPS) is 14.0. The van der Waals surface area contributed by atoms with E-state index in [1.807, 2.05) is 0 Å². The van der Waals surface area contributed by atoms with Crippen LogP contribution in [-0.4, -0.2) is 33.5 Å². The lowest BCUT2D eigenvalue weighted by molar-refractivity contribution is -0.137. The molecule has 0 amide bonds. The summed E-state index contributed by atoms with van der Waals surface area (Å²) in [5.74, 6) is -0.849. The van der Waals surface area contributed by atoms with Crippen LogP contribution in [0.5, 0.6) is 0 Å². The molecule has 0 aromatic heterocycles. The maximum atomic E-state index is 10.5. The molecule has 0 heterocycles. The van der Waals surface area contributed by atoms with E-state index < -0.39 is 11.6 Å². The molecule has 0 rings (SSSR count). The number of hydrogen-bond donors (Lipinski definition) is 3. The van der Waals surface area contributed by atoms with Gasteiger partial charge >= 0.3 is 5.97 Å². The molecule has 126 valence electrons. The highest BCUT2D eigenvalue weighted by Gasteiger charge is 2.25. The predicted octanol–water partition coefficient (Wildman–Crippen LogP) is 3.89. The van der Waals surface area contributed by atoms with Crippen LogP contribution in [0.4, 0.5) is 0 Å². The highest BCUT2D eigenvalue weighted by Crippen LogP contribution is 2.22. The van der Waals surface area contributed by atoms with Crippen molar-refractivity contribution in [3.63, 3.8) is 0 Å². The fraction of sp³-hybridized carbons (Fsp3) is 0.941. The van der Waals surface area contributed by atoms with Gasteiger partial charge in [-0.2, -0.15) is 0 Å². The van der Waals surface area contributed by atoms with Crippen molar-refractivity contribution in [3.05, 3.63) is 0 Å². The van der Waals surface area contributed by atoms with E-state index in [9.17, 15) is 15.0 Å². The van der Waals surface area contributed by atoms with E-state index in [1.165, 1.54) is 44.9 Å². The van der Waals surface area contributed by atoms with Gasteiger partial charge in [0.05, 0.1) is 12.2 Å². The van der Waals surface area contributed by atoms with Crippen molar-refractivity contribution >= 4 is 5.97 Å². The minimum atomic E-state index is -1.09. The Morgan fingerprint density at radius 3 is 1.81 bits per heavy atom. The van der Waals surface area contributed by atoms with Gasteiger partial charge in [0.1, 0.15) is 0 Å². The quantitative estimate of drug-likeness (QED) is 0.401. The van der Waals surface area contributed by atoms with E-state index in [4.69, 9.17) is 5.11 Å². The molecule has 3 N–H and O–H groups in total. The Labute approximate surface area is 129 Å². The van der Waals surface area contributed by atoms with E-state index in [2.05, 4.69) is 6.92 Å². The third kappa shape index (κ3) is 12.8. The summed E-state index contributed by atoms with van der Waals surface area (Å²) >= 11 is 0. The van der Waals surface area contributed by atoms with Crippen molar-refractivity contribution in [1.82, 2.24) is 0 Å². The van der Waals surface area contributed by atoms with E-state index in [0.29, 0.717) is 19.3 Å². The first-order valence-corrected chi connectivity index (χ1v) is 8.59. The molecule has 0 unspecified atom stereocenters. The molecule has 0 saturated heterocycles. The molecule has 0 aliphatic carbocycles. The van der Waals surface area contributed by atoms with Crippen molar-refractivity contribution < 1.29 is 20.1 Å². The number of aliphatic carboxylic acids is 1. The van der Waals surface area contributed by atoms with Crippen molar-refractivity contribution in [2.45, 2.75) is 96.0 Å². The summed E-state index contributed by atoms with van der Waals surface area (Å²) in [6.45, 7) is 1.95. The van der Waals surface area contributed by atoms with E-state index in [0.717, 1.165) is 12.8 Å². The van der Waals surface area contributed by atoms with Crippen LogP contribution < -0.4 is 0 Å². The Bertz CT molecular complexity index is 255. The number of aliphatic hydroxyl groups is 2. The Hall–Kier alpha value is -0.610. The molecule has 0 aliphatic heterocycles. The lowest BCUT2D eigenvalue weighted by atomic mass is 9.91. The predicted molar refractivity (Wildman–Crippen MR) is 85.4 cm³/mol. The third-order valence-electron chi connectivity index (χ3n) is 4.07. The van der Waals surface area contributed by atoms with Crippen LogP contribution in [0.2, 0.25) is 0 Å². The maximum absolute atomic E-state index is 10.5. The molecular formula is C17H34O4. The average Bonchev–Trinajstić information content (AvgIpc) is 2.45. The summed E-state index contributed by atoms with van der Waals surface area (Å²) in [4.78, 5) is 10.5. The van der Waals surface area contributed by atoms with Crippen molar-refractivity contribution in [2.24, 2.45) is 0 Å². The Morgan fingerprint density at radius 2 is 1.33 bits per heavy atom. The highest BCUT2D eigenvalue weighted by molar-refractivity contribution is 5.66. The summed E-state index contributed by atoms with van der Waals surface area (Å²) in [7, 11) is 0. The van der Waals surface area contributed by atoms with Crippen LogP contribution in [0.1, 0.15) is 90.4 Å². The lowest BCUT2D eigenvalue weighted by Crippen LogP contribution is -2.33. The van der Waals surface area contributed by atoms with Gasteiger partial charge in [-0.25, -0.2) is 0 Å². The number of rotatable bonds is 15. The fourth-order valence-electron chi connectivity index (χ4n) is 2.62. The zero-order chi connectivity index (χ0) is 16.0. The van der Waals surface area contributed by atoms with Gasteiger partial charge in [-0.05, 0) is 19.3 Å². The summed E-state index contributed by atoms with van der Waals surface area (Å²) < 4.78 is 0. The molecule has 0 aromatic rings.